The van der Waals surface area contributed by atoms with Crippen molar-refractivity contribution in [1.29, 1.82) is 0 Å². The molecule has 0 amide bonds. The molecule has 2 aliphatic carbocycles. The lowest BCUT2D eigenvalue weighted by atomic mass is 9.54. The number of nitrogens with zero attached hydrogens (tertiary/aromatic N) is 1. The van der Waals surface area contributed by atoms with Crippen LogP contribution in [0.4, 0.5) is 0 Å². The van der Waals surface area contributed by atoms with E-state index in [0.29, 0.717) is 11.8 Å². The molecule has 2 bridgehead atoms. The summed E-state index contributed by atoms with van der Waals surface area (Å²) in [5, 5.41) is 9.80. The van der Waals surface area contributed by atoms with Gasteiger partial charge < -0.3 is 10.6 Å². The van der Waals surface area contributed by atoms with Gasteiger partial charge >= 0.3 is 0 Å². The SMILES string of the molecule is CCC1CC2CC(C)(N)CC(CO[N+](=O)[O-])(C1)C2. The van der Waals surface area contributed by atoms with Crippen LogP contribution in [-0.2, 0) is 4.84 Å². The fraction of sp³-hybridized carbons (Fsp3) is 1.00. The van der Waals surface area contributed by atoms with Crippen LogP contribution in [0.1, 0.15) is 52.4 Å². The molecule has 0 saturated heterocycles. The van der Waals surface area contributed by atoms with Crippen LogP contribution in [0.25, 0.3) is 0 Å². The molecule has 0 radical (unpaired) electrons. The van der Waals surface area contributed by atoms with E-state index in [1.54, 1.807) is 0 Å². The van der Waals surface area contributed by atoms with E-state index >= 15 is 0 Å². The van der Waals surface area contributed by atoms with E-state index in [4.69, 9.17) is 10.6 Å². The first kappa shape index (κ1) is 13.6. The maximum absolute atomic E-state index is 10.5. The smallest absolute Gasteiger partial charge is 0.294 e. The molecule has 5 heteroatoms. The van der Waals surface area contributed by atoms with Gasteiger partial charge in [-0.25, -0.2) is 0 Å². The molecule has 0 aliphatic heterocycles. The summed E-state index contributed by atoms with van der Waals surface area (Å²) in [5.74, 6) is 1.29. The molecule has 5 nitrogen and oxygen atoms in total. The minimum Gasteiger partial charge on any atom is -0.325 e. The summed E-state index contributed by atoms with van der Waals surface area (Å²) < 4.78 is 0. The van der Waals surface area contributed by atoms with Gasteiger partial charge in [0.15, 0.2) is 0 Å². The van der Waals surface area contributed by atoms with Gasteiger partial charge in [-0.2, -0.15) is 0 Å². The van der Waals surface area contributed by atoms with Crippen molar-refractivity contribution in [1.82, 2.24) is 0 Å². The Morgan fingerprint density at radius 1 is 1.44 bits per heavy atom. The zero-order valence-corrected chi connectivity index (χ0v) is 11.4. The number of fused-ring (bicyclic) bond motifs is 2. The predicted octanol–water partition coefficient (Wildman–Crippen LogP) is 2.52. The first-order valence-electron chi connectivity index (χ1n) is 6.90. The summed E-state index contributed by atoms with van der Waals surface area (Å²) in [7, 11) is 0. The van der Waals surface area contributed by atoms with Crippen LogP contribution in [-0.4, -0.2) is 17.2 Å². The lowest BCUT2D eigenvalue weighted by Crippen LogP contribution is -2.53. The summed E-state index contributed by atoms with van der Waals surface area (Å²) in [6, 6.07) is 0. The third kappa shape index (κ3) is 2.94. The van der Waals surface area contributed by atoms with Gasteiger partial charge in [-0.15, -0.1) is 10.1 Å². The lowest BCUT2D eigenvalue weighted by Gasteiger charge is -2.53. The maximum atomic E-state index is 10.5. The van der Waals surface area contributed by atoms with Gasteiger partial charge in [0.05, 0.1) is 0 Å². The van der Waals surface area contributed by atoms with Gasteiger partial charge in [0.25, 0.3) is 5.09 Å². The maximum Gasteiger partial charge on any atom is 0.294 e. The lowest BCUT2D eigenvalue weighted by molar-refractivity contribution is -0.761. The van der Waals surface area contributed by atoms with E-state index in [1.165, 1.54) is 6.42 Å². The topological polar surface area (TPSA) is 78.4 Å². The second-order valence-electron chi connectivity index (χ2n) is 6.82. The van der Waals surface area contributed by atoms with E-state index in [0.717, 1.165) is 32.1 Å². The Kier molecular flexibility index (Phi) is 3.54. The third-order valence-corrected chi connectivity index (χ3v) is 4.70. The molecule has 104 valence electrons. The highest BCUT2D eigenvalue weighted by Gasteiger charge is 2.49. The van der Waals surface area contributed by atoms with Crippen molar-refractivity contribution >= 4 is 0 Å². The van der Waals surface area contributed by atoms with E-state index in [1.807, 2.05) is 0 Å². The van der Waals surface area contributed by atoms with Crippen molar-refractivity contribution in [2.75, 3.05) is 6.61 Å². The minimum absolute atomic E-state index is 0.0710. The van der Waals surface area contributed by atoms with Gasteiger partial charge in [0.1, 0.15) is 6.61 Å². The summed E-state index contributed by atoms with van der Waals surface area (Å²) in [6.45, 7) is 4.50. The Morgan fingerprint density at radius 2 is 2.17 bits per heavy atom. The van der Waals surface area contributed by atoms with Crippen molar-refractivity contribution in [2.24, 2.45) is 23.0 Å². The number of hydrogen-bond donors (Lipinski definition) is 1. The fourth-order valence-electron chi connectivity index (χ4n) is 4.50. The van der Waals surface area contributed by atoms with E-state index in [9.17, 15) is 10.1 Å². The third-order valence-electron chi connectivity index (χ3n) is 4.70. The molecule has 4 atom stereocenters. The molecule has 2 fully saturated rings. The summed E-state index contributed by atoms with van der Waals surface area (Å²) >= 11 is 0. The minimum atomic E-state index is -0.665. The summed E-state index contributed by atoms with van der Waals surface area (Å²) in [5.41, 5.74) is 6.06. The predicted molar refractivity (Wildman–Crippen MR) is 68.3 cm³/mol. The second-order valence-corrected chi connectivity index (χ2v) is 6.82. The van der Waals surface area contributed by atoms with Crippen LogP contribution in [0.3, 0.4) is 0 Å². The standard InChI is InChI=1S/C13H24N2O3/c1-3-10-4-11-5-12(2,14)8-13(6-10,7-11)9-18-15(16)17/h10-11H,3-9,14H2,1-2H3. The number of nitrogens with two attached hydrogens (primary N) is 1. The molecule has 2 aliphatic rings. The van der Waals surface area contributed by atoms with Gasteiger partial charge in [-0.05, 0) is 56.3 Å². The van der Waals surface area contributed by atoms with Crippen LogP contribution in [0.15, 0.2) is 0 Å². The van der Waals surface area contributed by atoms with Gasteiger partial charge in [-0.3, -0.25) is 0 Å². The van der Waals surface area contributed by atoms with Crippen LogP contribution < -0.4 is 5.73 Å². The average Bonchev–Trinajstić information content (AvgIpc) is 2.23. The normalized spacial score (nSPS) is 43.5. The molecular weight excluding hydrogens is 232 g/mol. The molecule has 18 heavy (non-hydrogen) atoms. The zero-order valence-electron chi connectivity index (χ0n) is 11.4. The molecule has 0 aromatic carbocycles. The van der Waals surface area contributed by atoms with Crippen molar-refractivity contribution in [3.05, 3.63) is 10.1 Å². The van der Waals surface area contributed by atoms with E-state index in [2.05, 4.69) is 13.8 Å². The Hall–Kier alpha value is -0.840. The monoisotopic (exact) mass is 256 g/mol. The molecule has 0 aromatic heterocycles. The van der Waals surface area contributed by atoms with Crippen molar-refractivity contribution in [2.45, 2.75) is 57.9 Å². The van der Waals surface area contributed by atoms with Crippen LogP contribution in [0, 0.1) is 27.4 Å². The molecule has 0 spiro atoms. The quantitative estimate of drug-likeness (QED) is 0.619. The molecule has 2 rings (SSSR count). The average molecular weight is 256 g/mol. The van der Waals surface area contributed by atoms with Crippen molar-refractivity contribution < 1.29 is 9.92 Å². The molecule has 4 unspecified atom stereocenters. The first-order valence-corrected chi connectivity index (χ1v) is 6.90. The Balaban J connectivity index is 2.13. The van der Waals surface area contributed by atoms with Gasteiger partial charge in [0, 0.05) is 5.54 Å². The highest BCUT2D eigenvalue weighted by atomic mass is 16.9. The van der Waals surface area contributed by atoms with Crippen LogP contribution in [0.5, 0.6) is 0 Å². The van der Waals surface area contributed by atoms with E-state index in [-0.39, 0.29) is 17.6 Å². The fourth-order valence-corrected chi connectivity index (χ4v) is 4.50. The second kappa shape index (κ2) is 4.68. The van der Waals surface area contributed by atoms with Crippen molar-refractivity contribution in [3.8, 4) is 0 Å². The number of rotatable bonds is 4. The number of hydrogen-bond acceptors (Lipinski definition) is 4. The van der Waals surface area contributed by atoms with Crippen LogP contribution >= 0.6 is 0 Å². The Labute approximate surface area is 108 Å². The molecule has 0 aromatic rings. The highest BCUT2D eigenvalue weighted by Crippen LogP contribution is 2.54. The molecule has 0 heterocycles. The molecular formula is C13H24N2O3. The summed E-state index contributed by atoms with van der Waals surface area (Å²) in [6.07, 6.45) is 6.34. The summed E-state index contributed by atoms with van der Waals surface area (Å²) in [4.78, 5) is 15.2. The Morgan fingerprint density at radius 3 is 2.78 bits per heavy atom. The van der Waals surface area contributed by atoms with Gasteiger partial charge in [-0.1, -0.05) is 13.3 Å². The van der Waals surface area contributed by atoms with Crippen LogP contribution in [0.2, 0.25) is 0 Å². The molecule has 2 N–H and O–H groups in total. The van der Waals surface area contributed by atoms with E-state index < -0.39 is 5.09 Å². The highest BCUT2D eigenvalue weighted by molar-refractivity contribution is 5.02. The van der Waals surface area contributed by atoms with Crippen molar-refractivity contribution in [3.63, 3.8) is 0 Å². The van der Waals surface area contributed by atoms with Gasteiger partial charge in [0.2, 0.25) is 0 Å². The Bertz CT molecular complexity index is 332. The first-order chi connectivity index (χ1) is 8.34. The molecule has 2 saturated carbocycles. The largest absolute Gasteiger partial charge is 0.325 e. The zero-order chi connectivity index (χ0) is 13.4.